The van der Waals surface area contributed by atoms with Gasteiger partial charge in [-0.05, 0) is 30.3 Å². The molecule has 0 atom stereocenters. The highest BCUT2D eigenvalue weighted by Crippen LogP contribution is 2.25. The summed E-state index contributed by atoms with van der Waals surface area (Å²) in [5.41, 5.74) is 1.43. The first-order chi connectivity index (χ1) is 9.54. The summed E-state index contributed by atoms with van der Waals surface area (Å²) in [6.45, 7) is 0. The van der Waals surface area contributed by atoms with Crippen molar-refractivity contribution in [1.82, 2.24) is 9.38 Å². The first-order valence-corrected chi connectivity index (χ1v) is 6.51. The van der Waals surface area contributed by atoms with E-state index in [1.54, 1.807) is 28.9 Å². The number of carboxylic acids is 1. The molecule has 2 aromatic heterocycles. The number of halogens is 2. The summed E-state index contributed by atoms with van der Waals surface area (Å²) in [7, 11) is 0. The van der Waals surface area contributed by atoms with Crippen LogP contribution in [0.2, 0.25) is 0 Å². The van der Waals surface area contributed by atoms with Crippen molar-refractivity contribution in [2.24, 2.45) is 0 Å². The molecule has 0 bridgehead atoms. The minimum atomic E-state index is -1.02. The standard InChI is InChI=1S/C14H8BrFN2O2/c15-9-1-2-10(11(16)6-9)12-7-18-4-3-8(14(19)20)5-13(18)17-12/h1-7H,(H,19,20). The number of pyridine rings is 1. The molecule has 0 saturated heterocycles. The number of hydrogen-bond acceptors (Lipinski definition) is 2. The average Bonchev–Trinajstić information content (AvgIpc) is 2.80. The molecule has 0 radical (unpaired) electrons. The van der Waals surface area contributed by atoms with E-state index in [9.17, 15) is 9.18 Å². The zero-order valence-electron chi connectivity index (χ0n) is 10.0. The maximum absolute atomic E-state index is 13.9. The summed E-state index contributed by atoms with van der Waals surface area (Å²) < 4.78 is 16.2. The van der Waals surface area contributed by atoms with Crippen molar-refractivity contribution in [3.63, 3.8) is 0 Å². The third kappa shape index (κ3) is 2.18. The monoisotopic (exact) mass is 334 g/mol. The Labute approximate surface area is 121 Å². The summed E-state index contributed by atoms with van der Waals surface area (Å²) in [6, 6.07) is 7.63. The minimum absolute atomic E-state index is 0.144. The van der Waals surface area contributed by atoms with Gasteiger partial charge in [0.25, 0.3) is 0 Å². The highest BCUT2D eigenvalue weighted by Gasteiger charge is 2.11. The van der Waals surface area contributed by atoms with Gasteiger partial charge in [-0.1, -0.05) is 15.9 Å². The third-order valence-electron chi connectivity index (χ3n) is 2.91. The van der Waals surface area contributed by atoms with Crippen LogP contribution in [0.5, 0.6) is 0 Å². The Bertz CT molecular complexity index is 829. The molecule has 2 heterocycles. The smallest absolute Gasteiger partial charge is 0.335 e. The molecule has 0 aliphatic carbocycles. The predicted octanol–water partition coefficient (Wildman–Crippen LogP) is 3.60. The zero-order chi connectivity index (χ0) is 14.3. The quantitative estimate of drug-likeness (QED) is 0.779. The van der Waals surface area contributed by atoms with Crippen molar-refractivity contribution in [2.75, 3.05) is 0 Å². The highest BCUT2D eigenvalue weighted by atomic mass is 79.9. The van der Waals surface area contributed by atoms with Crippen LogP contribution in [0.4, 0.5) is 4.39 Å². The maximum Gasteiger partial charge on any atom is 0.335 e. The number of rotatable bonds is 2. The van der Waals surface area contributed by atoms with Crippen molar-refractivity contribution in [2.45, 2.75) is 0 Å². The molecule has 0 aliphatic heterocycles. The molecule has 6 heteroatoms. The molecule has 0 fully saturated rings. The number of carbonyl (C=O) groups is 1. The zero-order valence-corrected chi connectivity index (χ0v) is 11.6. The summed E-state index contributed by atoms with van der Waals surface area (Å²) in [5.74, 6) is -1.41. The van der Waals surface area contributed by atoms with Gasteiger partial charge in [-0.2, -0.15) is 0 Å². The summed E-state index contributed by atoms with van der Waals surface area (Å²) in [6.07, 6.45) is 3.25. The van der Waals surface area contributed by atoms with E-state index in [2.05, 4.69) is 20.9 Å². The van der Waals surface area contributed by atoms with Gasteiger partial charge in [-0.3, -0.25) is 0 Å². The lowest BCUT2D eigenvalue weighted by molar-refractivity contribution is 0.0697. The fourth-order valence-electron chi connectivity index (χ4n) is 1.94. The normalized spacial score (nSPS) is 10.9. The van der Waals surface area contributed by atoms with Gasteiger partial charge in [0.15, 0.2) is 0 Å². The van der Waals surface area contributed by atoms with Crippen molar-refractivity contribution in [1.29, 1.82) is 0 Å². The Balaban J connectivity index is 2.15. The molecule has 20 heavy (non-hydrogen) atoms. The van der Waals surface area contributed by atoms with Crippen LogP contribution < -0.4 is 0 Å². The van der Waals surface area contributed by atoms with Crippen LogP contribution in [0.1, 0.15) is 10.4 Å². The lowest BCUT2D eigenvalue weighted by Gasteiger charge is -1.98. The molecule has 0 spiro atoms. The SMILES string of the molecule is O=C(O)c1ccn2cc(-c3ccc(Br)cc3F)nc2c1. The molecule has 100 valence electrons. The molecule has 0 aliphatic rings. The van der Waals surface area contributed by atoms with E-state index in [1.807, 2.05) is 0 Å². The molecule has 3 rings (SSSR count). The first kappa shape index (κ1) is 12.8. The van der Waals surface area contributed by atoms with Crippen molar-refractivity contribution < 1.29 is 14.3 Å². The van der Waals surface area contributed by atoms with E-state index in [1.165, 1.54) is 18.2 Å². The Morgan fingerprint density at radius 3 is 2.80 bits per heavy atom. The van der Waals surface area contributed by atoms with Crippen molar-refractivity contribution in [3.05, 3.63) is 58.6 Å². The van der Waals surface area contributed by atoms with E-state index in [0.717, 1.165) is 0 Å². The van der Waals surface area contributed by atoms with E-state index in [0.29, 0.717) is 21.4 Å². The van der Waals surface area contributed by atoms with Crippen LogP contribution in [0.15, 0.2) is 47.2 Å². The lowest BCUT2D eigenvalue weighted by Crippen LogP contribution is -1.96. The van der Waals surface area contributed by atoms with Crippen LogP contribution in [-0.4, -0.2) is 20.5 Å². The lowest BCUT2D eigenvalue weighted by atomic mass is 10.1. The van der Waals surface area contributed by atoms with Crippen LogP contribution >= 0.6 is 15.9 Å². The van der Waals surface area contributed by atoms with Gasteiger partial charge in [-0.25, -0.2) is 14.2 Å². The molecule has 0 saturated carbocycles. The molecule has 4 nitrogen and oxygen atoms in total. The van der Waals surface area contributed by atoms with Gasteiger partial charge in [0.1, 0.15) is 11.5 Å². The summed E-state index contributed by atoms with van der Waals surface area (Å²) >= 11 is 3.20. The van der Waals surface area contributed by atoms with Gasteiger partial charge in [0, 0.05) is 22.4 Å². The molecular weight excluding hydrogens is 327 g/mol. The second-order valence-electron chi connectivity index (χ2n) is 4.24. The van der Waals surface area contributed by atoms with Crippen LogP contribution in [0.3, 0.4) is 0 Å². The number of benzene rings is 1. The average molecular weight is 335 g/mol. The first-order valence-electron chi connectivity index (χ1n) is 5.72. The van der Waals surface area contributed by atoms with Crippen LogP contribution in [0, 0.1) is 5.82 Å². The van der Waals surface area contributed by atoms with Gasteiger partial charge in [0.2, 0.25) is 0 Å². The fraction of sp³-hybridized carbons (Fsp3) is 0. The van der Waals surface area contributed by atoms with Gasteiger partial charge in [-0.15, -0.1) is 0 Å². The highest BCUT2D eigenvalue weighted by molar-refractivity contribution is 9.10. The van der Waals surface area contributed by atoms with Crippen molar-refractivity contribution >= 4 is 27.5 Å². The third-order valence-corrected chi connectivity index (χ3v) is 3.41. The predicted molar refractivity (Wildman–Crippen MR) is 75.2 cm³/mol. The molecule has 1 aromatic carbocycles. The van der Waals surface area contributed by atoms with Crippen LogP contribution in [0.25, 0.3) is 16.9 Å². The molecule has 1 N–H and O–H groups in total. The van der Waals surface area contributed by atoms with E-state index >= 15 is 0 Å². The number of fused-ring (bicyclic) bond motifs is 1. The van der Waals surface area contributed by atoms with Gasteiger partial charge < -0.3 is 9.51 Å². The number of aromatic carboxylic acids is 1. The topological polar surface area (TPSA) is 54.6 Å². The second-order valence-corrected chi connectivity index (χ2v) is 5.15. The second kappa shape index (κ2) is 4.72. The number of hydrogen-bond donors (Lipinski definition) is 1. The van der Waals surface area contributed by atoms with E-state index < -0.39 is 5.97 Å². The van der Waals surface area contributed by atoms with Gasteiger partial charge in [0.05, 0.1) is 11.3 Å². The Kier molecular flexibility index (Phi) is 3.02. The summed E-state index contributed by atoms with van der Waals surface area (Å²) in [5, 5.41) is 8.94. The maximum atomic E-state index is 13.9. The van der Waals surface area contributed by atoms with Gasteiger partial charge >= 0.3 is 5.97 Å². The number of nitrogens with zero attached hydrogens (tertiary/aromatic N) is 2. The molecule has 0 amide bonds. The number of carboxylic acid groups (broad SMARTS) is 1. The van der Waals surface area contributed by atoms with E-state index in [4.69, 9.17) is 5.11 Å². The minimum Gasteiger partial charge on any atom is -0.478 e. The fourth-order valence-corrected chi connectivity index (χ4v) is 2.28. The van der Waals surface area contributed by atoms with E-state index in [-0.39, 0.29) is 11.4 Å². The number of imidazole rings is 1. The number of aromatic nitrogens is 2. The Morgan fingerprint density at radius 1 is 1.30 bits per heavy atom. The van der Waals surface area contributed by atoms with Crippen LogP contribution in [-0.2, 0) is 0 Å². The molecular formula is C14H8BrFN2O2. The Hall–Kier alpha value is -2.21. The largest absolute Gasteiger partial charge is 0.478 e. The molecule has 3 aromatic rings. The molecule has 0 unspecified atom stereocenters. The summed E-state index contributed by atoms with van der Waals surface area (Å²) in [4.78, 5) is 15.2. The Morgan fingerprint density at radius 2 is 2.10 bits per heavy atom. The van der Waals surface area contributed by atoms with Crippen molar-refractivity contribution in [3.8, 4) is 11.3 Å².